The van der Waals surface area contributed by atoms with E-state index in [1.54, 1.807) is 26.0 Å². The van der Waals surface area contributed by atoms with Crippen LogP contribution >= 0.6 is 0 Å². The Morgan fingerprint density at radius 2 is 1.90 bits per heavy atom. The molecule has 6 rings (SSSR count). The lowest BCUT2D eigenvalue weighted by molar-refractivity contribution is -0.220. The normalized spacial score (nSPS) is 55.9. The number of ketones is 1. The predicted octanol–water partition coefficient (Wildman–Crippen LogP) is 3.01. The highest BCUT2D eigenvalue weighted by molar-refractivity contribution is 6.01. The quantitative estimate of drug-likeness (QED) is 0.681. The molecule has 5 fully saturated rings. The zero-order valence-electron chi connectivity index (χ0n) is 17.4. The van der Waals surface area contributed by atoms with Gasteiger partial charge in [-0.25, -0.2) is 4.79 Å². The van der Waals surface area contributed by atoms with E-state index in [4.69, 9.17) is 14.2 Å². The van der Waals surface area contributed by atoms with Crippen LogP contribution in [0, 0.1) is 22.7 Å². The number of carboxylic acid groups (broad SMARTS) is 1. The molecule has 1 spiro atoms. The molecule has 6 nitrogen and oxygen atoms in total. The highest BCUT2D eigenvalue weighted by Gasteiger charge is 2.85. The van der Waals surface area contributed by atoms with Crippen LogP contribution in [0.3, 0.4) is 0 Å². The monoisotopic (exact) mass is 400 g/mol. The summed E-state index contributed by atoms with van der Waals surface area (Å²) in [6.45, 7) is 7.88. The number of carbonyl (C=O) groups excluding carboxylic acids is 1. The topological polar surface area (TPSA) is 85.4 Å². The van der Waals surface area contributed by atoms with E-state index < -0.39 is 28.9 Å². The number of allylic oxidation sites excluding steroid dienone is 2. The van der Waals surface area contributed by atoms with Gasteiger partial charge in [-0.15, -0.1) is 0 Å². The van der Waals surface area contributed by atoms with Gasteiger partial charge in [0.05, 0.1) is 6.10 Å². The summed E-state index contributed by atoms with van der Waals surface area (Å²) in [6.07, 6.45) is 8.09. The van der Waals surface area contributed by atoms with E-state index in [0.29, 0.717) is 12.8 Å². The maximum absolute atomic E-state index is 12.7. The second-order valence-corrected chi connectivity index (χ2v) is 10.8. The fourth-order valence-electron chi connectivity index (χ4n) is 8.12. The van der Waals surface area contributed by atoms with E-state index in [1.165, 1.54) is 0 Å². The van der Waals surface area contributed by atoms with Gasteiger partial charge in [0.15, 0.2) is 17.2 Å². The first-order valence-corrected chi connectivity index (χ1v) is 10.7. The summed E-state index contributed by atoms with van der Waals surface area (Å²) in [5.41, 5.74) is -1.38. The Morgan fingerprint density at radius 3 is 2.62 bits per heavy atom. The van der Waals surface area contributed by atoms with Gasteiger partial charge < -0.3 is 19.3 Å². The number of carboxylic acids is 1. The Labute approximate surface area is 170 Å². The van der Waals surface area contributed by atoms with Gasteiger partial charge in [-0.3, -0.25) is 4.79 Å². The highest BCUT2D eigenvalue weighted by Crippen LogP contribution is 2.77. The van der Waals surface area contributed by atoms with Crippen LogP contribution in [0.1, 0.15) is 53.4 Å². The summed E-state index contributed by atoms with van der Waals surface area (Å²) in [5, 5.41) is 10.4. The van der Waals surface area contributed by atoms with Crippen LogP contribution in [0.4, 0.5) is 0 Å². The minimum absolute atomic E-state index is 0.0254. The Balaban J connectivity index is 1.46. The standard InChI is InChI=1S/C23H28O6/c1-19(2)27-16-10-15-14-6-5-12-9-13(24)7-8-20(12,3)22(14)17(28-22)11-21(15,4)23(16,29-19)18(25)26/h7-9,14-17H,5-6,10-11H2,1-4H3,(H,25,26)/t14?,15?,16-,17+,20?,21?,22-,23+/m1/s1. The van der Waals surface area contributed by atoms with Crippen molar-refractivity contribution in [2.24, 2.45) is 22.7 Å². The minimum Gasteiger partial charge on any atom is -0.479 e. The summed E-state index contributed by atoms with van der Waals surface area (Å²) < 4.78 is 18.9. The molecule has 0 aromatic rings. The molecule has 156 valence electrons. The third kappa shape index (κ3) is 1.78. The van der Waals surface area contributed by atoms with Crippen molar-refractivity contribution in [1.82, 2.24) is 0 Å². The summed E-state index contributed by atoms with van der Waals surface area (Å²) in [6, 6.07) is 0. The van der Waals surface area contributed by atoms with Crippen molar-refractivity contribution >= 4 is 11.8 Å². The second kappa shape index (κ2) is 4.87. The first kappa shape index (κ1) is 18.3. The molecule has 29 heavy (non-hydrogen) atoms. The van der Waals surface area contributed by atoms with Crippen LogP contribution in [0.25, 0.3) is 0 Å². The van der Waals surface area contributed by atoms with E-state index >= 15 is 0 Å². The van der Waals surface area contributed by atoms with Crippen molar-refractivity contribution in [1.29, 1.82) is 0 Å². The molecule has 0 amide bonds. The van der Waals surface area contributed by atoms with E-state index in [1.807, 2.05) is 6.08 Å². The average Bonchev–Trinajstić information content (AvgIpc) is 3.19. The van der Waals surface area contributed by atoms with E-state index in [9.17, 15) is 14.7 Å². The first-order valence-electron chi connectivity index (χ1n) is 10.7. The minimum atomic E-state index is -1.34. The molecule has 0 bridgehead atoms. The number of fused-ring (bicyclic) bond motifs is 5. The number of epoxide rings is 1. The van der Waals surface area contributed by atoms with Crippen molar-refractivity contribution in [3.05, 3.63) is 23.8 Å². The van der Waals surface area contributed by atoms with Gasteiger partial charge in [0.25, 0.3) is 0 Å². The van der Waals surface area contributed by atoms with Crippen LogP contribution in [0.2, 0.25) is 0 Å². The largest absolute Gasteiger partial charge is 0.479 e. The van der Waals surface area contributed by atoms with Crippen molar-refractivity contribution in [3.8, 4) is 0 Å². The number of carbonyl (C=O) groups is 2. The Hall–Kier alpha value is -1.50. The first-order chi connectivity index (χ1) is 13.5. The molecular formula is C23H28O6. The number of hydrogen-bond donors (Lipinski definition) is 1. The molecule has 2 aliphatic heterocycles. The lowest BCUT2D eigenvalue weighted by Gasteiger charge is -2.55. The molecule has 0 aromatic carbocycles. The summed E-state index contributed by atoms with van der Waals surface area (Å²) in [7, 11) is 0. The van der Waals surface area contributed by atoms with Crippen molar-refractivity contribution in [2.45, 2.75) is 82.6 Å². The zero-order valence-corrected chi connectivity index (χ0v) is 17.4. The Bertz CT molecular complexity index is 918. The molecule has 1 N–H and O–H groups in total. The van der Waals surface area contributed by atoms with Gasteiger partial charge >= 0.3 is 5.97 Å². The smallest absolute Gasteiger partial charge is 0.339 e. The number of rotatable bonds is 1. The molecule has 4 unspecified atom stereocenters. The lowest BCUT2D eigenvalue weighted by atomic mass is 9.47. The van der Waals surface area contributed by atoms with Gasteiger partial charge in [-0.2, -0.15) is 0 Å². The van der Waals surface area contributed by atoms with Crippen LogP contribution in [-0.2, 0) is 23.8 Å². The zero-order chi connectivity index (χ0) is 20.6. The van der Waals surface area contributed by atoms with E-state index in [-0.39, 0.29) is 34.7 Å². The van der Waals surface area contributed by atoms with Crippen molar-refractivity contribution in [2.75, 3.05) is 0 Å². The third-order valence-corrected chi connectivity index (χ3v) is 9.24. The molecule has 4 aliphatic carbocycles. The van der Waals surface area contributed by atoms with Gasteiger partial charge in [0.1, 0.15) is 11.7 Å². The number of aliphatic carboxylic acids is 1. The van der Waals surface area contributed by atoms with Crippen LogP contribution in [0.5, 0.6) is 0 Å². The van der Waals surface area contributed by atoms with Crippen LogP contribution in [0.15, 0.2) is 23.8 Å². The SMILES string of the molecule is CC1(C)O[C@@H]2CC3C4CCC5=CC(=O)C=CC5(C)[C@@]45O[C@H]5CC3(C)[C@]2(C(=O)O)O1. The van der Waals surface area contributed by atoms with Crippen LogP contribution in [-0.4, -0.2) is 46.1 Å². The van der Waals surface area contributed by atoms with Gasteiger partial charge in [0.2, 0.25) is 0 Å². The summed E-state index contributed by atoms with van der Waals surface area (Å²) in [5.74, 6) is -1.41. The van der Waals surface area contributed by atoms with Gasteiger partial charge in [-0.05, 0) is 70.4 Å². The Morgan fingerprint density at radius 1 is 1.14 bits per heavy atom. The number of ether oxygens (including phenoxy) is 3. The average molecular weight is 400 g/mol. The molecular weight excluding hydrogens is 372 g/mol. The fourth-order valence-corrected chi connectivity index (χ4v) is 8.12. The van der Waals surface area contributed by atoms with Gasteiger partial charge in [0, 0.05) is 10.8 Å². The van der Waals surface area contributed by atoms with Crippen molar-refractivity contribution in [3.63, 3.8) is 0 Å². The molecule has 2 saturated heterocycles. The van der Waals surface area contributed by atoms with Crippen LogP contribution < -0.4 is 0 Å². The molecule has 6 heteroatoms. The summed E-state index contributed by atoms with van der Waals surface area (Å²) >= 11 is 0. The molecule has 2 heterocycles. The van der Waals surface area contributed by atoms with Crippen molar-refractivity contribution < 1.29 is 28.9 Å². The molecule has 3 saturated carbocycles. The van der Waals surface area contributed by atoms with Gasteiger partial charge in [-0.1, -0.05) is 18.6 Å². The van der Waals surface area contributed by atoms with E-state index in [2.05, 4.69) is 13.8 Å². The third-order valence-electron chi connectivity index (χ3n) is 9.24. The predicted molar refractivity (Wildman–Crippen MR) is 102 cm³/mol. The van der Waals surface area contributed by atoms with E-state index in [0.717, 1.165) is 18.4 Å². The number of hydrogen-bond acceptors (Lipinski definition) is 5. The Kier molecular flexibility index (Phi) is 3.07. The maximum atomic E-state index is 12.7. The molecule has 6 aliphatic rings. The maximum Gasteiger partial charge on any atom is 0.339 e. The molecule has 0 aromatic heterocycles. The highest BCUT2D eigenvalue weighted by atomic mass is 16.8. The second-order valence-electron chi connectivity index (χ2n) is 10.8. The molecule has 0 radical (unpaired) electrons. The lowest BCUT2D eigenvalue weighted by Crippen LogP contribution is -2.63. The summed E-state index contributed by atoms with van der Waals surface area (Å²) in [4.78, 5) is 24.6. The fraction of sp³-hybridized carbons (Fsp3) is 0.739. The molecule has 8 atom stereocenters.